The summed E-state index contributed by atoms with van der Waals surface area (Å²) in [6.07, 6.45) is 4.93. The van der Waals surface area contributed by atoms with Crippen LogP contribution in [-0.2, 0) is 33.3 Å². The molecule has 2 aliphatic heterocycles. The fraction of sp³-hybridized carbons (Fsp3) is 0.882. The van der Waals surface area contributed by atoms with Crippen molar-refractivity contribution in [3.05, 3.63) is 12.2 Å². The van der Waals surface area contributed by atoms with Crippen molar-refractivity contribution in [3.8, 4) is 0 Å². The fourth-order valence-corrected chi connectivity index (χ4v) is 5.92. The Labute approximate surface area is 284 Å². The molecule has 0 spiro atoms. The molecule has 7 N–H and O–H groups in total. The zero-order valence-electron chi connectivity index (χ0n) is 28.5. The van der Waals surface area contributed by atoms with Crippen molar-refractivity contribution < 1.29 is 69.0 Å². The van der Waals surface area contributed by atoms with Crippen LogP contribution < -0.4 is 0 Å². The van der Waals surface area contributed by atoms with Gasteiger partial charge in [-0.3, -0.25) is 9.59 Å². The minimum Gasteiger partial charge on any atom is -0.481 e. The van der Waals surface area contributed by atoms with Gasteiger partial charge in [-0.2, -0.15) is 0 Å². The van der Waals surface area contributed by atoms with Crippen molar-refractivity contribution in [3.63, 3.8) is 0 Å². The molecule has 2 fully saturated rings. The molecule has 48 heavy (non-hydrogen) atoms. The normalized spacial score (nSPS) is 31.6. The van der Waals surface area contributed by atoms with Gasteiger partial charge in [0.15, 0.2) is 6.29 Å². The van der Waals surface area contributed by atoms with Gasteiger partial charge in [0.25, 0.3) is 0 Å². The smallest absolute Gasteiger partial charge is 0.303 e. The minimum atomic E-state index is -1.55. The lowest BCUT2D eigenvalue weighted by Gasteiger charge is -2.43. The molecule has 2 aliphatic rings. The topological polar surface area (TPSA) is 222 Å². The van der Waals surface area contributed by atoms with Gasteiger partial charge in [0.2, 0.25) is 0 Å². The summed E-state index contributed by atoms with van der Waals surface area (Å²) in [7, 11) is 0. The van der Waals surface area contributed by atoms with Gasteiger partial charge in [0, 0.05) is 13.3 Å². The van der Waals surface area contributed by atoms with E-state index in [0.29, 0.717) is 0 Å². The van der Waals surface area contributed by atoms with E-state index in [2.05, 4.69) is 12.2 Å². The summed E-state index contributed by atoms with van der Waals surface area (Å²) < 4.78 is 28.3. The Bertz CT molecular complexity index is 916. The third-order valence-electron chi connectivity index (χ3n) is 8.89. The average molecular weight is 693 g/mol. The van der Waals surface area contributed by atoms with Crippen molar-refractivity contribution in [1.29, 1.82) is 0 Å². The maximum absolute atomic E-state index is 11.4. The molecule has 0 saturated carbocycles. The molecule has 14 nitrogen and oxygen atoms in total. The lowest BCUT2D eigenvalue weighted by molar-refractivity contribution is -0.304. The van der Waals surface area contributed by atoms with E-state index in [9.17, 15) is 40.2 Å². The number of unbranched alkanes of at least 4 members (excludes halogenated alkanes) is 9. The van der Waals surface area contributed by atoms with E-state index in [-0.39, 0.29) is 32.3 Å². The van der Waals surface area contributed by atoms with E-state index in [0.717, 1.165) is 77.0 Å². The Balaban J connectivity index is 1.76. The molecule has 2 saturated heterocycles. The van der Waals surface area contributed by atoms with Crippen LogP contribution in [0.3, 0.4) is 0 Å². The number of aliphatic carboxylic acids is 1. The van der Waals surface area contributed by atoms with Crippen LogP contribution in [-0.4, -0.2) is 135 Å². The number of hydrogen-bond donors (Lipinski definition) is 7. The van der Waals surface area contributed by atoms with E-state index in [1.165, 1.54) is 6.92 Å². The van der Waals surface area contributed by atoms with Crippen molar-refractivity contribution in [1.82, 2.24) is 0 Å². The summed E-state index contributed by atoms with van der Waals surface area (Å²) in [4.78, 5) is 21.9. The van der Waals surface area contributed by atoms with Crippen LogP contribution in [0.1, 0.15) is 97.3 Å². The second-order valence-corrected chi connectivity index (χ2v) is 13.0. The molecule has 0 radical (unpaired) electrons. The molecule has 0 aromatic rings. The first-order valence-electron chi connectivity index (χ1n) is 17.5. The van der Waals surface area contributed by atoms with Crippen LogP contribution >= 0.6 is 0 Å². The van der Waals surface area contributed by atoms with Crippen LogP contribution in [0.15, 0.2) is 12.2 Å². The van der Waals surface area contributed by atoms with Crippen molar-refractivity contribution >= 4 is 11.9 Å². The number of allylic oxidation sites excluding steroid dienone is 2. The molecule has 0 aromatic carbocycles. The monoisotopic (exact) mass is 692 g/mol. The first kappa shape index (κ1) is 42.4. The second kappa shape index (κ2) is 23.6. The molecule has 280 valence electrons. The first-order chi connectivity index (χ1) is 23.0. The number of carbonyl (C=O) groups excluding carboxylic acids is 1. The quantitative estimate of drug-likeness (QED) is 0.0434. The average Bonchev–Trinajstić information content (AvgIpc) is 3.04. The highest BCUT2D eigenvalue weighted by molar-refractivity contribution is 5.66. The van der Waals surface area contributed by atoms with Crippen LogP contribution in [0.25, 0.3) is 0 Å². The van der Waals surface area contributed by atoms with Crippen molar-refractivity contribution in [2.75, 3.05) is 26.4 Å². The van der Waals surface area contributed by atoms with Crippen molar-refractivity contribution in [2.24, 2.45) is 5.92 Å². The Hall–Kier alpha value is -1.72. The number of aliphatic hydroxyl groups is 6. The Morgan fingerprint density at radius 3 is 1.90 bits per heavy atom. The maximum Gasteiger partial charge on any atom is 0.303 e. The summed E-state index contributed by atoms with van der Waals surface area (Å²) in [5.74, 6) is -2.14. The molecule has 1 unspecified atom stereocenters. The van der Waals surface area contributed by atoms with Crippen LogP contribution in [0.5, 0.6) is 0 Å². The number of rotatable bonds is 24. The van der Waals surface area contributed by atoms with E-state index < -0.39 is 79.6 Å². The lowest BCUT2D eigenvalue weighted by Crippen LogP contribution is -2.60. The van der Waals surface area contributed by atoms with E-state index >= 15 is 0 Å². The molecular weight excluding hydrogens is 632 g/mol. The number of esters is 1. The summed E-state index contributed by atoms with van der Waals surface area (Å²) in [6.45, 7) is 1.85. The molecule has 0 aliphatic carbocycles. The van der Waals surface area contributed by atoms with E-state index in [1.807, 2.05) is 6.92 Å². The maximum atomic E-state index is 11.4. The highest BCUT2D eigenvalue weighted by atomic mass is 16.7. The van der Waals surface area contributed by atoms with Gasteiger partial charge < -0.3 is 59.4 Å². The fourth-order valence-electron chi connectivity index (χ4n) is 5.92. The number of carbonyl (C=O) groups is 2. The van der Waals surface area contributed by atoms with Gasteiger partial charge in [-0.1, -0.05) is 50.7 Å². The standard InChI is InChI=1S/C34H60O14/c1-22(16-14-12-10-8-6-4-3-5-7-9-11-13-15-17-28(37)38)46-34-24(29(39)31(41)27(48-34)21-45-23(2)36)19-44-20-26-32(42)33(43)30(40)25(18-35)47-26/h3-4,22,24-27,29-35,39-43H,5-21H2,1-2H3,(H,37,38)/b4-3+/t22?,24-,25-,26+,27-,29-,30-,31-,32+,33+,34-/m1/s1. The third-order valence-corrected chi connectivity index (χ3v) is 8.89. The number of hydrogen-bond acceptors (Lipinski definition) is 13. The summed E-state index contributed by atoms with van der Waals surface area (Å²) in [6, 6.07) is 0. The zero-order chi connectivity index (χ0) is 35.5. The Morgan fingerprint density at radius 1 is 0.708 bits per heavy atom. The minimum absolute atomic E-state index is 0.175. The number of carboxylic acids is 1. The lowest BCUT2D eigenvalue weighted by atomic mass is 9.91. The highest BCUT2D eigenvalue weighted by Gasteiger charge is 2.47. The largest absolute Gasteiger partial charge is 0.481 e. The Kier molecular flexibility index (Phi) is 20.9. The molecule has 0 bridgehead atoms. The molecule has 2 heterocycles. The number of carboxylic acid groups (broad SMARTS) is 1. The summed E-state index contributed by atoms with van der Waals surface area (Å²) in [5, 5.41) is 70.1. The second-order valence-electron chi connectivity index (χ2n) is 13.0. The van der Waals surface area contributed by atoms with Gasteiger partial charge in [0.1, 0.15) is 49.3 Å². The molecule has 2 rings (SSSR count). The zero-order valence-corrected chi connectivity index (χ0v) is 28.5. The number of aliphatic hydroxyl groups excluding tert-OH is 6. The van der Waals surface area contributed by atoms with Gasteiger partial charge >= 0.3 is 11.9 Å². The van der Waals surface area contributed by atoms with Crippen LogP contribution in [0.2, 0.25) is 0 Å². The first-order valence-corrected chi connectivity index (χ1v) is 17.5. The molecule has 11 atom stereocenters. The summed E-state index contributed by atoms with van der Waals surface area (Å²) in [5.41, 5.74) is 0. The summed E-state index contributed by atoms with van der Waals surface area (Å²) >= 11 is 0. The third kappa shape index (κ3) is 15.4. The molecular formula is C34H60O14. The van der Waals surface area contributed by atoms with Gasteiger partial charge in [-0.05, 0) is 45.4 Å². The van der Waals surface area contributed by atoms with E-state index in [1.54, 1.807) is 0 Å². The van der Waals surface area contributed by atoms with Crippen LogP contribution in [0, 0.1) is 5.92 Å². The molecule has 14 heteroatoms. The predicted molar refractivity (Wildman–Crippen MR) is 173 cm³/mol. The van der Waals surface area contributed by atoms with Crippen LogP contribution in [0.4, 0.5) is 0 Å². The van der Waals surface area contributed by atoms with Gasteiger partial charge in [-0.15, -0.1) is 0 Å². The van der Waals surface area contributed by atoms with E-state index in [4.69, 9.17) is 28.8 Å². The Morgan fingerprint density at radius 2 is 1.27 bits per heavy atom. The van der Waals surface area contributed by atoms with Gasteiger partial charge in [0.05, 0.1) is 37.9 Å². The SMILES string of the molecule is CC(=O)OC[C@H]1O[C@@H](OC(C)CCCCCC/C=C/CCCCCCCC(=O)O)[C@H](COC[C@@H]2O[C@H](CO)[C@@H](O)[C@H](O)[C@H]2O)[C@@H](O)[C@@H]1O. The molecule has 0 aromatic heterocycles. The van der Waals surface area contributed by atoms with Gasteiger partial charge in [-0.25, -0.2) is 0 Å². The highest BCUT2D eigenvalue weighted by Crippen LogP contribution is 2.30. The number of ether oxygens (including phenoxy) is 5. The van der Waals surface area contributed by atoms with Crippen molar-refractivity contribution in [2.45, 2.75) is 159 Å². The molecule has 0 amide bonds. The predicted octanol–water partition coefficient (Wildman–Crippen LogP) is 1.59.